The van der Waals surface area contributed by atoms with Gasteiger partial charge in [-0.1, -0.05) is 35.9 Å². The van der Waals surface area contributed by atoms with Gasteiger partial charge in [0.1, 0.15) is 0 Å². The molecule has 4 aromatic rings. The van der Waals surface area contributed by atoms with Crippen LogP contribution in [0.4, 0.5) is 0 Å². The predicted octanol–water partition coefficient (Wildman–Crippen LogP) is 4.50. The van der Waals surface area contributed by atoms with Crippen LogP contribution >= 0.6 is 0 Å². The quantitative estimate of drug-likeness (QED) is 0.594. The molecule has 4 rings (SSSR count). The molecule has 0 atom stereocenters. The lowest BCUT2D eigenvalue weighted by Gasteiger charge is -2.12. The Morgan fingerprint density at radius 2 is 1.91 bits per heavy atom. The fourth-order valence-corrected chi connectivity index (χ4v) is 2.93. The molecule has 2 heterocycles. The van der Waals surface area contributed by atoms with Crippen LogP contribution in [0.1, 0.15) is 16.8 Å². The van der Waals surface area contributed by atoms with Gasteiger partial charge >= 0.3 is 0 Å². The second kappa shape index (κ2) is 5.43. The highest BCUT2D eigenvalue weighted by Crippen LogP contribution is 2.24. The first-order valence-electron chi connectivity index (χ1n) is 7.77. The van der Waals surface area contributed by atoms with Gasteiger partial charge in [0.25, 0.3) is 0 Å². The Kier molecular flexibility index (Phi) is 3.27. The lowest BCUT2D eigenvalue weighted by atomic mass is 10.1. The summed E-state index contributed by atoms with van der Waals surface area (Å²) >= 11 is 0. The Morgan fingerprint density at radius 3 is 2.74 bits per heavy atom. The smallest absolute Gasteiger partial charge is 0.0931 e. The molecule has 0 saturated heterocycles. The van der Waals surface area contributed by atoms with Gasteiger partial charge in [-0.2, -0.15) is 0 Å². The van der Waals surface area contributed by atoms with Crippen LogP contribution in [0.3, 0.4) is 0 Å². The normalized spacial score (nSPS) is 11.2. The summed E-state index contributed by atoms with van der Waals surface area (Å²) in [5.41, 5.74) is 8.16. The summed E-state index contributed by atoms with van der Waals surface area (Å²) in [6.07, 6.45) is 1.74. The first-order valence-corrected chi connectivity index (χ1v) is 7.77. The minimum atomic E-state index is 0.821. The third-order valence-corrected chi connectivity index (χ3v) is 4.29. The Bertz CT molecular complexity index is 958. The maximum absolute atomic E-state index is 4.35. The summed E-state index contributed by atoms with van der Waals surface area (Å²) in [7, 11) is 0. The fourth-order valence-electron chi connectivity index (χ4n) is 2.93. The third kappa shape index (κ3) is 2.55. The number of H-pyrrole nitrogens is 1. The zero-order valence-electron chi connectivity index (χ0n) is 13.3. The molecule has 0 aliphatic heterocycles. The van der Waals surface area contributed by atoms with Crippen molar-refractivity contribution in [1.29, 1.82) is 0 Å². The molecule has 3 nitrogen and oxygen atoms in total. The van der Waals surface area contributed by atoms with E-state index in [0.29, 0.717) is 0 Å². The van der Waals surface area contributed by atoms with Crippen molar-refractivity contribution in [3.05, 3.63) is 77.7 Å². The first-order chi connectivity index (χ1) is 11.2. The largest absolute Gasteiger partial charge is 0.345 e. The van der Waals surface area contributed by atoms with Crippen molar-refractivity contribution in [2.75, 3.05) is 0 Å². The van der Waals surface area contributed by atoms with E-state index in [1.807, 2.05) is 0 Å². The summed E-state index contributed by atoms with van der Waals surface area (Å²) in [6, 6.07) is 20.4. The van der Waals surface area contributed by atoms with Crippen LogP contribution in [-0.4, -0.2) is 14.5 Å². The second-order valence-electron chi connectivity index (χ2n) is 5.97. The van der Waals surface area contributed by atoms with E-state index in [2.05, 4.69) is 83.0 Å². The van der Waals surface area contributed by atoms with Crippen LogP contribution in [0.15, 0.2) is 54.9 Å². The number of fused-ring (bicyclic) bond motifs is 1. The van der Waals surface area contributed by atoms with Crippen molar-refractivity contribution < 1.29 is 0 Å². The first kappa shape index (κ1) is 13.8. The van der Waals surface area contributed by atoms with E-state index >= 15 is 0 Å². The van der Waals surface area contributed by atoms with Gasteiger partial charge < -0.3 is 9.55 Å². The molecule has 1 N–H and O–H groups in total. The molecule has 2 aromatic heterocycles. The van der Waals surface area contributed by atoms with E-state index in [4.69, 9.17) is 0 Å². The lowest BCUT2D eigenvalue weighted by molar-refractivity contribution is 0.784. The van der Waals surface area contributed by atoms with Crippen molar-refractivity contribution in [1.82, 2.24) is 14.5 Å². The molecule has 0 aliphatic rings. The minimum absolute atomic E-state index is 0.821. The average Bonchev–Trinajstić information content (AvgIpc) is 3.16. The highest BCUT2D eigenvalue weighted by atomic mass is 15.0. The highest BCUT2D eigenvalue weighted by Gasteiger charge is 2.09. The van der Waals surface area contributed by atoms with Gasteiger partial charge in [-0.3, -0.25) is 0 Å². The van der Waals surface area contributed by atoms with Crippen LogP contribution in [-0.2, 0) is 6.54 Å². The summed E-state index contributed by atoms with van der Waals surface area (Å²) in [5, 5.41) is 0. The van der Waals surface area contributed by atoms with Gasteiger partial charge in [0.05, 0.1) is 17.4 Å². The predicted molar refractivity (Wildman–Crippen MR) is 93.4 cm³/mol. The zero-order chi connectivity index (χ0) is 15.8. The van der Waals surface area contributed by atoms with Crippen LogP contribution < -0.4 is 0 Å². The highest BCUT2D eigenvalue weighted by molar-refractivity contribution is 5.75. The van der Waals surface area contributed by atoms with Crippen molar-refractivity contribution in [2.45, 2.75) is 20.4 Å². The number of benzene rings is 2. The molecule has 3 heteroatoms. The van der Waals surface area contributed by atoms with Crippen LogP contribution in [0.2, 0.25) is 0 Å². The molecule has 2 aromatic carbocycles. The van der Waals surface area contributed by atoms with Gasteiger partial charge in [-0.15, -0.1) is 0 Å². The topological polar surface area (TPSA) is 33.6 Å². The molecule has 0 aliphatic carbocycles. The molecule has 0 unspecified atom stereocenters. The van der Waals surface area contributed by atoms with Crippen molar-refractivity contribution in [3.8, 4) is 11.3 Å². The monoisotopic (exact) mass is 300 g/mol. The maximum Gasteiger partial charge on any atom is 0.0931 e. The molecular weight excluding hydrogens is 282 g/mol. The number of hydrogen-bond donors (Lipinski definition) is 1. The number of aryl methyl sites for hydroxylation is 2. The summed E-state index contributed by atoms with van der Waals surface area (Å²) < 4.78 is 2.30. The van der Waals surface area contributed by atoms with E-state index in [1.54, 1.807) is 6.33 Å². The maximum atomic E-state index is 4.35. The van der Waals surface area contributed by atoms with E-state index in [0.717, 1.165) is 23.3 Å². The average molecular weight is 300 g/mol. The molecular formula is C20H18N3. The molecule has 113 valence electrons. The molecule has 23 heavy (non-hydrogen) atoms. The number of rotatable bonds is 3. The molecule has 0 bridgehead atoms. The Hall–Kier alpha value is -2.81. The van der Waals surface area contributed by atoms with E-state index < -0.39 is 0 Å². The molecule has 0 saturated carbocycles. The van der Waals surface area contributed by atoms with Crippen molar-refractivity contribution >= 4 is 11.0 Å². The number of hydrogen-bond acceptors (Lipinski definition) is 1. The van der Waals surface area contributed by atoms with Crippen LogP contribution in [0.25, 0.3) is 22.3 Å². The molecule has 0 amide bonds. The van der Waals surface area contributed by atoms with Crippen molar-refractivity contribution in [3.63, 3.8) is 0 Å². The number of aromatic nitrogens is 3. The number of aromatic amines is 1. The molecule has 0 fully saturated rings. The molecule has 0 spiro atoms. The second-order valence-corrected chi connectivity index (χ2v) is 5.97. The number of nitrogens with zero attached hydrogens (tertiary/aromatic N) is 2. The van der Waals surface area contributed by atoms with Crippen molar-refractivity contribution in [2.24, 2.45) is 0 Å². The van der Waals surface area contributed by atoms with E-state index in [1.165, 1.54) is 22.4 Å². The van der Waals surface area contributed by atoms with E-state index in [-0.39, 0.29) is 0 Å². The Morgan fingerprint density at radius 1 is 1.09 bits per heavy atom. The number of nitrogens with one attached hydrogen (secondary N) is 1. The fraction of sp³-hybridized carbons (Fsp3) is 0.150. The summed E-state index contributed by atoms with van der Waals surface area (Å²) in [4.78, 5) is 7.48. The SMILES string of the molecule is Cc1ccc(-c2c[c]c(C)n2Cc2ccc3[nH]cnc3c2)cc1. The lowest BCUT2D eigenvalue weighted by Crippen LogP contribution is -2.03. The Balaban J connectivity index is 1.73. The summed E-state index contributed by atoms with van der Waals surface area (Å²) in [6.45, 7) is 5.03. The van der Waals surface area contributed by atoms with E-state index in [9.17, 15) is 0 Å². The number of imidazole rings is 1. The third-order valence-electron chi connectivity index (χ3n) is 4.29. The van der Waals surface area contributed by atoms with Crippen LogP contribution in [0, 0.1) is 19.9 Å². The van der Waals surface area contributed by atoms with Gasteiger partial charge in [0, 0.05) is 24.0 Å². The Labute approximate surface area is 135 Å². The molecule has 1 radical (unpaired) electrons. The van der Waals surface area contributed by atoms with Gasteiger partial charge in [0.2, 0.25) is 0 Å². The van der Waals surface area contributed by atoms with Crippen LogP contribution in [0.5, 0.6) is 0 Å². The van der Waals surface area contributed by atoms with Gasteiger partial charge in [-0.25, -0.2) is 4.98 Å². The minimum Gasteiger partial charge on any atom is -0.345 e. The zero-order valence-corrected chi connectivity index (χ0v) is 13.3. The van der Waals surface area contributed by atoms with Gasteiger partial charge in [0.15, 0.2) is 0 Å². The van der Waals surface area contributed by atoms with Gasteiger partial charge in [-0.05, 0) is 43.2 Å². The standard InChI is InChI=1S/C20H18N3/c1-14-3-7-17(8-4-14)20-10-5-15(2)23(20)12-16-6-9-18-19(11-16)22-13-21-18/h3-4,6-11,13H,12H2,1-2H3,(H,21,22). The summed E-state index contributed by atoms with van der Waals surface area (Å²) in [5.74, 6) is 0.